The van der Waals surface area contributed by atoms with Crippen molar-refractivity contribution < 1.29 is 14.3 Å². The van der Waals surface area contributed by atoms with E-state index in [1.807, 2.05) is 13.8 Å². The molecule has 0 spiro atoms. The number of pyridine rings is 1. The predicted octanol–water partition coefficient (Wildman–Crippen LogP) is 4.91. The molecule has 0 saturated carbocycles. The molecular formula is C25H23ClN2O4. The number of carbonyl (C=O) groups is 2. The van der Waals surface area contributed by atoms with Crippen LogP contribution in [0.1, 0.15) is 46.7 Å². The number of aromatic nitrogens is 1. The fourth-order valence-corrected chi connectivity index (χ4v) is 4.24. The molecule has 2 aromatic carbocycles. The summed E-state index contributed by atoms with van der Waals surface area (Å²) in [5, 5.41) is 3.17. The quantitative estimate of drug-likeness (QED) is 0.612. The van der Waals surface area contributed by atoms with Gasteiger partial charge in [0.05, 0.1) is 7.11 Å². The van der Waals surface area contributed by atoms with E-state index in [1.165, 1.54) is 10.6 Å². The second kappa shape index (κ2) is 8.28. The summed E-state index contributed by atoms with van der Waals surface area (Å²) in [5.74, 6) is -0.0443. The molecule has 0 aliphatic heterocycles. The number of carbonyl (C=O) groups excluding carboxylic acids is 2. The van der Waals surface area contributed by atoms with Crippen LogP contribution in [0.25, 0.3) is 5.69 Å². The van der Waals surface area contributed by atoms with Gasteiger partial charge in [-0.2, -0.15) is 0 Å². The Morgan fingerprint density at radius 1 is 1.06 bits per heavy atom. The molecule has 3 aromatic rings. The molecule has 1 heterocycles. The lowest BCUT2D eigenvalue weighted by atomic mass is 9.75. The molecule has 1 amide bonds. The fraction of sp³-hybridized carbons (Fsp3) is 0.240. The molecule has 164 valence electrons. The van der Waals surface area contributed by atoms with Gasteiger partial charge >= 0.3 is 0 Å². The van der Waals surface area contributed by atoms with Crippen LogP contribution >= 0.6 is 11.6 Å². The van der Waals surface area contributed by atoms with E-state index < -0.39 is 11.5 Å². The molecule has 1 aromatic heterocycles. The number of methoxy groups -OCH3 is 1. The standard InChI is InChI=1S/C25H23ClN2O4/c1-25(2)13-21-19(22(29)14-25)12-20(23(30)27-16-6-4-5-15(26)11-16)24(31)28(21)17-7-9-18(32-3)10-8-17/h4-12H,13-14H2,1-3H3,(H,27,30). The Morgan fingerprint density at radius 2 is 1.78 bits per heavy atom. The minimum Gasteiger partial charge on any atom is -0.497 e. The first kappa shape index (κ1) is 21.8. The van der Waals surface area contributed by atoms with Gasteiger partial charge in [-0.25, -0.2) is 0 Å². The first-order chi connectivity index (χ1) is 15.2. The van der Waals surface area contributed by atoms with Crippen molar-refractivity contribution in [1.29, 1.82) is 0 Å². The van der Waals surface area contributed by atoms with Crippen LogP contribution in [0.4, 0.5) is 5.69 Å². The predicted molar refractivity (Wildman–Crippen MR) is 124 cm³/mol. The third-order valence-corrected chi connectivity index (χ3v) is 5.78. The third kappa shape index (κ3) is 4.18. The number of rotatable bonds is 4. The highest BCUT2D eigenvalue weighted by atomic mass is 35.5. The largest absolute Gasteiger partial charge is 0.497 e. The highest BCUT2D eigenvalue weighted by Gasteiger charge is 2.35. The molecule has 0 saturated heterocycles. The van der Waals surface area contributed by atoms with E-state index in [-0.39, 0.29) is 16.8 Å². The molecule has 1 N–H and O–H groups in total. The number of anilines is 1. The van der Waals surface area contributed by atoms with Gasteiger partial charge in [-0.3, -0.25) is 19.0 Å². The molecule has 32 heavy (non-hydrogen) atoms. The summed E-state index contributed by atoms with van der Waals surface area (Å²) >= 11 is 6.00. The summed E-state index contributed by atoms with van der Waals surface area (Å²) in [6, 6.07) is 15.0. The molecule has 0 unspecified atom stereocenters. The highest BCUT2D eigenvalue weighted by Crippen LogP contribution is 2.35. The van der Waals surface area contributed by atoms with Gasteiger partial charge in [0, 0.05) is 34.1 Å². The van der Waals surface area contributed by atoms with Gasteiger partial charge in [0.2, 0.25) is 0 Å². The van der Waals surface area contributed by atoms with Crippen LogP contribution < -0.4 is 15.6 Å². The van der Waals surface area contributed by atoms with Crippen LogP contribution in [0.15, 0.2) is 59.4 Å². The van der Waals surface area contributed by atoms with Crippen LogP contribution in [0.3, 0.4) is 0 Å². The Kier molecular flexibility index (Phi) is 5.65. The van der Waals surface area contributed by atoms with Gasteiger partial charge in [-0.15, -0.1) is 0 Å². The molecule has 6 nitrogen and oxygen atoms in total. The van der Waals surface area contributed by atoms with Crippen molar-refractivity contribution in [2.75, 3.05) is 12.4 Å². The number of Topliss-reactive ketones (excluding diaryl/α,β-unsaturated/α-hetero) is 1. The van der Waals surface area contributed by atoms with Crippen molar-refractivity contribution in [3.8, 4) is 11.4 Å². The average Bonchev–Trinajstić information content (AvgIpc) is 2.73. The summed E-state index contributed by atoms with van der Waals surface area (Å²) in [6.45, 7) is 3.99. The smallest absolute Gasteiger partial charge is 0.268 e. The third-order valence-electron chi connectivity index (χ3n) is 5.55. The van der Waals surface area contributed by atoms with Crippen molar-refractivity contribution in [2.45, 2.75) is 26.7 Å². The number of fused-ring (bicyclic) bond motifs is 1. The van der Waals surface area contributed by atoms with Crippen LogP contribution in [0.2, 0.25) is 5.02 Å². The summed E-state index contributed by atoms with van der Waals surface area (Å²) in [4.78, 5) is 39.6. The number of nitrogens with zero attached hydrogens (tertiary/aromatic N) is 1. The molecule has 7 heteroatoms. The Balaban J connectivity index is 1.89. The lowest BCUT2D eigenvalue weighted by Crippen LogP contribution is -2.37. The topological polar surface area (TPSA) is 77.4 Å². The highest BCUT2D eigenvalue weighted by molar-refractivity contribution is 6.31. The van der Waals surface area contributed by atoms with Gasteiger partial charge in [0.25, 0.3) is 11.5 Å². The molecule has 0 fully saturated rings. The average molecular weight is 451 g/mol. The normalized spacial score (nSPS) is 14.6. The first-order valence-electron chi connectivity index (χ1n) is 10.2. The zero-order chi connectivity index (χ0) is 23.0. The molecule has 0 atom stereocenters. The van der Waals surface area contributed by atoms with Gasteiger partial charge in [0.15, 0.2) is 5.78 Å². The van der Waals surface area contributed by atoms with Crippen LogP contribution in [0, 0.1) is 5.41 Å². The summed E-state index contributed by atoms with van der Waals surface area (Å²) in [7, 11) is 1.56. The Morgan fingerprint density at radius 3 is 2.44 bits per heavy atom. The zero-order valence-corrected chi connectivity index (χ0v) is 18.8. The summed E-state index contributed by atoms with van der Waals surface area (Å²) < 4.78 is 6.69. The van der Waals surface area contributed by atoms with Crippen LogP contribution in [-0.4, -0.2) is 23.4 Å². The summed E-state index contributed by atoms with van der Waals surface area (Å²) in [5.41, 5.74) is 1.15. The van der Waals surface area contributed by atoms with E-state index in [9.17, 15) is 14.4 Å². The number of ether oxygens (including phenoxy) is 1. The van der Waals surface area contributed by atoms with E-state index in [2.05, 4.69) is 5.32 Å². The second-order valence-electron chi connectivity index (χ2n) is 8.66. The molecule has 4 rings (SSSR count). The van der Waals surface area contributed by atoms with Crippen molar-refractivity contribution in [3.05, 3.63) is 86.8 Å². The maximum atomic E-state index is 13.5. The fourth-order valence-electron chi connectivity index (χ4n) is 4.05. The monoisotopic (exact) mass is 450 g/mol. The van der Waals surface area contributed by atoms with Gasteiger partial charge in [0.1, 0.15) is 11.3 Å². The minimum absolute atomic E-state index is 0.0877. The number of hydrogen-bond acceptors (Lipinski definition) is 4. The molecule has 1 aliphatic carbocycles. The van der Waals surface area contributed by atoms with Crippen LogP contribution in [0.5, 0.6) is 5.75 Å². The van der Waals surface area contributed by atoms with E-state index >= 15 is 0 Å². The van der Waals surface area contributed by atoms with Gasteiger partial charge in [-0.1, -0.05) is 31.5 Å². The number of benzene rings is 2. The zero-order valence-electron chi connectivity index (χ0n) is 18.1. The molecule has 1 aliphatic rings. The van der Waals surface area contributed by atoms with E-state index in [1.54, 1.807) is 55.6 Å². The van der Waals surface area contributed by atoms with E-state index in [0.717, 1.165) is 0 Å². The van der Waals surface area contributed by atoms with E-state index in [0.29, 0.717) is 46.2 Å². The number of ketones is 1. The van der Waals surface area contributed by atoms with Gasteiger partial charge < -0.3 is 10.1 Å². The summed E-state index contributed by atoms with van der Waals surface area (Å²) in [6.07, 6.45) is 0.877. The second-order valence-corrected chi connectivity index (χ2v) is 9.10. The van der Waals surface area contributed by atoms with Crippen molar-refractivity contribution in [3.63, 3.8) is 0 Å². The van der Waals surface area contributed by atoms with E-state index in [4.69, 9.17) is 16.3 Å². The Labute approximate surface area is 190 Å². The van der Waals surface area contributed by atoms with Crippen molar-refractivity contribution in [2.24, 2.45) is 5.41 Å². The number of halogens is 1. The molecular weight excluding hydrogens is 428 g/mol. The number of amides is 1. The van der Waals surface area contributed by atoms with Crippen molar-refractivity contribution >= 4 is 29.0 Å². The minimum atomic E-state index is -0.597. The van der Waals surface area contributed by atoms with Crippen molar-refractivity contribution in [1.82, 2.24) is 4.57 Å². The number of hydrogen-bond donors (Lipinski definition) is 1. The molecule has 0 radical (unpaired) electrons. The van der Waals surface area contributed by atoms with Gasteiger partial charge in [-0.05, 0) is 60.4 Å². The SMILES string of the molecule is COc1ccc(-n2c3c(cc(C(=O)Nc4cccc(Cl)c4)c2=O)C(=O)CC(C)(C)C3)cc1. The lowest BCUT2D eigenvalue weighted by Gasteiger charge is -2.32. The maximum Gasteiger partial charge on any atom is 0.268 e. The molecule has 0 bridgehead atoms. The Bertz CT molecular complexity index is 1280. The van der Waals surface area contributed by atoms with Crippen LogP contribution in [-0.2, 0) is 6.42 Å². The Hall–Kier alpha value is -3.38. The first-order valence-corrected chi connectivity index (χ1v) is 10.6. The number of nitrogens with one attached hydrogen (secondary N) is 1. The lowest BCUT2D eigenvalue weighted by molar-refractivity contribution is 0.0909. The maximum absolute atomic E-state index is 13.5.